The Bertz CT molecular complexity index is 370. The van der Waals surface area contributed by atoms with Gasteiger partial charge in [-0.3, -0.25) is 4.90 Å². The molecule has 0 aromatic rings. The molecular formula is C19H37NO5. The van der Waals surface area contributed by atoms with E-state index >= 15 is 0 Å². The first kappa shape index (κ1) is 21.1. The molecule has 1 saturated heterocycles. The molecule has 25 heavy (non-hydrogen) atoms. The lowest BCUT2D eigenvalue weighted by Gasteiger charge is -2.43. The molecule has 6 nitrogen and oxygen atoms in total. The van der Waals surface area contributed by atoms with Crippen LogP contribution < -0.4 is 0 Å². The molecule has 1 aliphatic heterocycles. The van der Waals surface area contributed by atoms with Crippen LogP contribution >= 0.6 is 0 Å². The Balaban J connectivity index is 1.56. The molecule has 1 saturated carbocycles. The number of nitrogens with zero attached hydrogens (tertiary/aromatic N) is 1. The molecule has 0 bridgehead atoms. The van der Waals surface area contributed by atoms with Gasteiger partial charge in [-0.25, -0.2) is 0 Å². The van der Waals surface area contributed by atoms with Crippen LogP contribution in [0.4, 0.5) is 0 Å². The van der Waals surface area contributed by atoms with Gasteiger partial charge in [0.15, 0.2) is 0 Å². The molecule has 6 atom stereocenters. The summed E-state index contributed by atoms with van der Waals surface area (Å²) < 4.78 is 6.03. The number of hydrogen-bond acceptors (Lipinski definition) is 6. The van der Waals surface area contributed by atoms with Gasteiger partial charge in [-0.2, -0.15) is 0 Å². The van der Waals surface area contributed by atoms with Gasteiger partial charge in [0.1, 0.15) is 12.2 Å². The topological polar surface area (TPSA) is 93.4 Å². The van der Waals surface area contributed by atoms with Crippen molar-refractivity contribution in [3.8, 4) is 0 Å². The van der Waals surface area contributed by atoms with Crippen molar-refractivity contribution in [2.75, 3.05) is 26.3 Å². The van der Waals surface area contributed by atoms with E-state index < -0.39 is 24.4 Å². The van der Waals surface area contributed by atoms with Gasteiger partial charge in [0.25, 0.3) is 0 Å². The summed E-state index contributed by atoms with van der Waals surface area (Å²) in [6, 6.07) is -0.491. The number of rotatable bonds is 9. The maximum Gasteiger partial charge on any atom is 0.109 e. The molecule has 0 radical (unpaired) electrons. The van der Waals surface area contributed by atoms with Crippen LogP contribution in [0, 0.1) is 5.92 Å². The minimum atomic E-state index is -1.17. The smallest absolute Gasteiger partial charge is 0.109 e. The van der Waals surface area contributed by atoms with Crippen molar-refractivity contribution in [1.82, 2.24) is 4.90 Å². The molecule has 1 aliphatic carbocycles. The number of hydrogen-bond donors (Lipinski definition) is 4. The third-order valence-corrected chi connectivity index (χ3v) is 5.92. The van der Waals surface area contributed by atoms with Crippen LogP contribution in [0.25, 0.3) is 0 Å². The Hall–Kier alpha value is -0.240. The standard InChI is InChI=1S/C19H37NO5/c1-14-8-4-5-9-17(14)25-11-7-3-2-6-10-20-12-16(22)19(24)18(23)15(20)13-21/h14-19,21-24H,2-13H2,1H3/t14-,15-,16+,17-,18-,19-/m1/s1. The average molecular weight is 360 g/mol. The molecule has 0 unspecified atom stereocenters. The van der Waals surface area contributed by atoms with Gasteiger partial charge in [0, 0.05) is 13.2 Å². The van der Waals surface area contributed by atoms with Gasteiger partial charge in [-0.05, 0) is 38.1 Å². The van der Waals surface area contributed by atoms with E-state index in [9.17, 15) is 20.4 Å². The van der Waals surface area contributed by atoms with Crippen molar-refractivity contribution >= 4 is 0 Å². The molecule has 4 N–H and O–H groups in total. The Morgan fingerprint density at radius 1 is 0.960 bits per heavy atom. The maximum atomic E-state index is 9.97. The lowest BCUT2D eigenvalue weighted by atomic mass is 9.88. The third kappa shape index (κ3) is 6.15. The van der Waals surface area contributed by atoms with Crippen LogP contribution in [0.2, 0.25) is 0 Å². The highest BCUT2D eigenvalue weighted by Gasteiger charge is 2.40. The molecular weight excluding hydrogens is 322 g/mol. The van der Waals surface area contributed by atoms with Gasteiger partial charge >= 0.3 is 0 Å². The van der Waals surface area contributed by atoms with Gasteiger partial charge in [0.05, 0.1) is 24.9 Å². The van der Waals surface area contributed by atoms with Crippen LogP contribution in [0.1, 0.15) is 58.3 Å². The number of aliphatic hydroxyl groups is 4. The van der Waals surface area contributed by atoms with E-state index in [1.54, 1.807) is 0 Å². The van der Waals surface area contributed by atoms with Crippen molar-refractivity contribution in [1.29, 1.82) is 0 Å². The molecule has 0 aromatic heterocycles. The molecule has 0 aromatic carbocycles. The Kier molecular flexibility index (Phi) is 9.10. The van der Waals surface area contributed by atoms with Gasteiger partial charge in [-0.15, -0.1) is 0 Å². The predicted octanol–water partition coefficient (Wildman–Crippen LogP) is 0.901. The Morgan fingerprint density at radius 2 is 1.68 bits per heavy atom. The minimum Gasteiger partial charge on any atom is -0.395 e. The average Bonchev–Trinajstić information content (AvgIpc) is 2.60. The van der Waals surface area contributed by atoms with E-state index in [1.807, 2.05) is 4.90 Å². The first-order valence-electron chi connectivity index (χ1n) is 10.0. The molecule has 1 heterocycles. The second-order valence-corrected chi connectivity index (χ2v) is 7.88. The largest absolute Gasteiger partial charge is 0.395 e. The lowest BCUT2D eigenvalue weighted by Crippen LogP contribution is -2.62. The fraction of sp³-hybridized carbons (Fsp3) is 1.00. The predicted molar refractivity (Wildman–Crippen MR) is 96.3 cm³/mol. The van der Waals surface area contributed by atoms with E-state index in [4.69, 9.17) is 4.74 Å². The summed E-state index contributed by atoms with van der Waals surface area (Å²) >= 11 is 0. The fourth-order valence-electron chi connectivity index (χ4n) is 4.17. The first-order chi connectivity index (χ1) is 12.0. The van der Waals surface area contributed by atoms with Crippen LogP contribution in [-0.4, -0.2) is 82.1 Å². The highest BCUT2D eigenvalue weighted by atomic mass is 16.5. The number of aliphatic hydroxyl groups excluding tert-OH is 4. The van der Waals surface area contributed by atoms with E-state index in [0.717, 1.165) is 32.3 Å². The van der Waals surface area contributed by atoms with E-state index in [2.05, 4.69) is 6.92 Å². The third-order valence-electron chi connectivity index (χ3n) is 5.92. The van der Waals surface area contributed by atoms with Gasteiger partial charge < -0.3 is 25.2 Å². The zero-order valence-electron chi connectivity index (χ0n) is 15.6. The van der Waals surface area contributed by atoms with Crippen LogP contribution in [0.3, 0.4) is 0 Å². The summed E-state index contributed by atoms with van der Waals surface area (Å²) in [6.45, 7) is 3.93. The van der Waals surface area contributed by atoms with Crippen molar-refractivity contribution in [3.63, 3.8) is 0 Å². The van der Waals surface area contributed by atoms with E-state index in [1.165, 1.54) is 25.7 Å². The maximum absolute atomic E-state index is 9.97. The number of unbranched alkanes of at least 4 members (excludes halogenated alkanes) is 3. The Morgan fingerprint density at radius 3 is 2.40 bits per heavy atom. The summed E-state index contributed by atoms with van der Waals surface area (Å²) in [6.07, 6.45) is 6.53. The van der Waals surface area contributed by atoms with Crippen molar-refractivity contribution in [2.45, 2.75) is 88.7 Å². The number of likely N-dealkylation sites (tertiary alicyclic amines) is 1. The zero-order valence-corrected chi connectivity index (χ0v) is 15.6. The SMILES string of the molecule is C[C@@H]1CCCC[C@H]1OCCCCCCN1C[C@H](O)[C@@H](O)[C@H](O)[C@H]1CO. The van der Waals surface area contributed by atoms with Crippen molar-refractivity contribution in [3.05, 3.63) is 0 Å². The van der Waals surface area contributed by atoms with Crippen LogP contribution in [0.5, 0.6) is 0 Å². The summed E-state index contributed by atoms with van der Waals surface area (Å²) in [5, 5.41) is 38.9. The number of ether oxygens (including phenoxy) is 1. The Labute approximate surface area is 151 Å². The minimum absolute atomic E-state index is 0.210. The van der Waals surface area contributed by atoms with Gasteiger partial charge in [-0.1, -0.05) is 32.6 Å². The molecule has 0 amide bonds. The summed E-state index contributed by atoms with van der Waals surface area (Å²) in [4.78, 5) is 1.89. The molecule has 2 fully saturated rings. The molecule has 6 heteroatoms. The molecule has 148 valence electrons. The summed E-state index contributed by atoms with van der Waals surface area (Å²) in [5.41, 5.74) is 0. The monoisotopic (exact) mass is 359 g/mol. The van der Waals surface area contributed by atoms with E-state index in [-0.39, 0.29) is 6.61 Å². The van der Waals surface area contributed by atoms with Gasteiger partial charge in [0.2, 0.25) is 0 Å². The quantitative estimate of drug-likeness (QED) is 0.457. The number of β-amino-alcohol motifs (C(OH)–C–C–N with tert-alkyl or cyclic N) is 1. The molecule has 0 spiro atoms. The van der Waals surface area contributed by atoms with Crippen molar-refractivity contribution < 1.29 is 25.2 Å². The first-order valence-corrected chi connectivity index (χ1v) is 10.0. The highest BCUT2D eigenvalue weighted by Crippen LogP contribution is 2.26. The zero-order chi connectivity index (χ0) is 18.2. The molecule has 2 aliphatic rings. The van der Waals surface area contributed by atoms with E-state index in [0.29, 0.717) is 25.1 Å². The fourth-order valence-corrected chi connectivity index (χ4v) is 4.17. The summed E-state index contributed by atoms with van der Waals surface area (Å²) in [7, 11) is 0. The second kappa shape index (κ2) is 10.8. The normalized spacial score (nSPS) is 37.3. The number of piperidine rings is 1. The highest BCUT2D eigenvalue weighted by molar-refractivity contribution is 4.93. The van der Waals surface area contributed by atoms with Crippen molar-refractivity contribution in [2.24, 2.45) is 5.92 Å². The summed E-state index contributed by atoms with van der Waals surface area (Å²) in [5.74, 6) is 0.691. The van der Waals surface area contributed by atoms with Crippen LogP contribution in [0.15, 0.2) is 0 Å². The van der Waals surface area contributed by atoms with Crippen LogP contribution in [-0.2, 0) is 4.74 Å². The second-order valence-electron chi connectivity index (χ2n) is 7.88. The lowest BCUT2D eigenvalue weighted by molar-refractivity contribution is -0.145. The molecule has 2 rings (SSSR count).